The van der Waals surface area contributed by atoms with Crippen molar-refractivity contribution in [1.29, 1.82) is 0 Å². The molecule has 0 saturated heterocycles. The maximum Gasteiger partial charge on any atom is 0.446 e. The number of hydrogen-bond acceptors (Lipinski definition) is 3. The molecule has 0 radical (unpaired) electrons. The van der Waals surface area contributed by atoms with Gasteiger partial charge in [0.25, 0.3) is 0 Å². The van der Waals surface area contributed by atoms with Crippen molar-refractivity contribution in [3.05, 3.63) is 51.2 Å². The van der Waals surface area contributed by atoms with Crippen molar-refractivity contribution in [2.45, 2.75) is 16.9 Å². The summed E-state index contributed by atoms with van der Waals surface area (Å²) in [5.74, 6) is 0. The first-order chi connectivity index (χ1) is 9.85. The summed E-state index contributed by atoms with van der Waals surface area (Å²) in [4.78, 5) is 4.35. The van der Waals surface area contributed by atoms with Crippen LogP contribution in [0.2, 0.25) is 0 Å². The van der Waals surface area contributed by atoms with Gasteiger partial charge >= 0.3 is 5.51 Å². The number of nitrogens with one attached hydrogen (secondary N) is 1. The number of pyridine rings is 1. The molecular formula is C13H9Br2F3N2S. The van der Waals surface area contributed by atoms with Crippen molar-refractivity contribution in [1.82, 2.24) is 4.98 Å². The van der Waals surface area contributed by atoms with Crippen LogP contribution in [0.15, 0.2) is 50.4 Å². The second kappa shape index (κ2) is 7.02. The largest absolute Gasteiger partial charge is 0.446 e. The van der Waals surface area contributed by atoms with Crippen LogP contribution in [0.4, 0.5) is 18.9 Å². The van der Waals surface area contributed by atoms with Gasteiger partial charge in [-0.1, -0.05) is 12.1 Å². The van der Waals surface area contributed by atoms with Gasteiger partial charge in [0.2, 0.25) is 0 Å². The molecule has 0 amide bonds. The third-order valence-electron chi connectivity index (χ3n) is 2.44. The number of nitrogens with zero attached hydrogens (tertiary/aromatic N) is 1. The average molecular weight is 442 g/mol. The second-order valence-electron chi connectivity index (χ2n) is 3.98. The molecule has 1 aromatic carbocycles. The van der Waals surface area contributed by atoms with E-state index in [9.17, 15) is 13.2 Å². The van der Waals surface area contributed by atoms with Crippen LogP contribution in [0, 0.1) is 0 Å². The number of aromatic nitrogens is 1. The lowest BCUT2D eigenvalue weighted by molar-refractivity contribution is -0.0327. The van der Waals surface area contributed by atoms with Gasteiger partial charge in [-0.2, -0.15) is 13.2 Å². The van der Waals surface area contributed by atoms with Crippen molar-refractivity contribution in [2.75, 3.05) is 5.32 Å². The van der Waals surface area contributed by atoms with Crippen molar-refractivity contribution in [3.63, 3.8) is 0 Å². The quantitative estimate of drug-likeness (QED) is 0.604. The molecule has 0 aliphatic heterocycles. The minimum atomic E-state index is -4.31. The normalized spacial score (nSPS) is 11.5. The molecule has 0 unspecified atom stereocenters. The van der Waals surface area contributed by atoms with Crippen LogP contribution in [0.1, 0.15) is 5.69 Å². The maximum absolute atomic E-state index is 12.5. The smallest absolute Gasteiger partial charge is 0.378 e. The van der Waals surface area contributed by atoms with E-state index in [0.29, 0.717) is 17.9 Å². The van der Waals surface area contributed by atoms with Crippen molar-refractivity contribution in [3.8, 4) is 0 Å². The zero-order valence-electron chi connectivity index (χ0n) is 10.4. The summed E-state index contributed by atoms with van der Waals surface area (Å²) in [5, 5.41) is 2.98. The Morgan fingerprint density at radius 3 is 2.57 bits per heavy atom. The van der Waals surface area contributed by atoms with Gasteiger partial charge in [0.15, 0.2) is 0 Å². The first-order valence-corrected chi connectivity index (χ1v) is 8.14. The lowest BCUT2D eigenvalue weighted by atomic mass is 10.3. The molecule has 0 spiro atoms. The maximum atomic E-state index is 12.5. The summed E-state index contributed by atoms with van der Waals surface area (Å²) in [7, 11) is 0. The molecule has 1 N–H and O–H groups in total. The van der Waals surface area contributed by atoms with E-state index in [0.717, 1.165) is 8.95 Å². The minimum absolute atomic E-state index is 0.133. The van der Waals surface area contributed by atoms with Crippen molar-refractivity contribution in [2.24, 2.45) is 0 Å². The summed E-state index contributed by atoms with van der Waals surface area (Å²) in [6, 6.07) is 8.14. The summed E-state index contributed by atoms with van der Waals surface area (Å²) in [6.07, 6.45) is 1.64. The van der Waals surface area contributed by atoms with Crippen LogP contribution in [0.3, 0.4) is 0 Å². The number of rotatable bonds is 4. The molecule has 2 nitrogen and oxygen atoms in total. The summed E-state index contributed by atoms with van der Waals surface area (Å²) in [5.41, 5.74) is -3.17. The summed E-state index contributed by atoms with van der Waals surface area (Å²) >= 11 is 6.53. The van der Waals surface area contributed by atoms with E-state index < -0.39 is 5.51 Å². The minimum Gasteiger partial charge on any atom is -0.378 e. The highest BCUT2D eigenvalue weighted by Crippen LogP contribution is 2.40. The van der Waals surface area contributed by atoms with Crippen molar-refractivity contribution >= 4 is 49.3 Å². The fraction of sp³-hybridized carbons (Fsp3) is 0.154. The van der Waals surface area contributed by atoms with E-state index in [2.05, 4.69) is 42.2 Å². The van der Waals surface area contributed by atoms with Gasteiger partial charge in [0, 0.05) is 25.7 Å². The number of anilines is 1. The van der Waals surface area contributed by atoms with Crippen LogP contribution >= 0.6 is 43.6 Å². The standard InChI is InChI=1S/C13H9Br2F3N2S/c14-8-5-9(15)11(19-6-8)7-20-10-3-1-2-4-12(10)21-13(16,17)18/h1-6,20H,7H2. The molecule has 1 heterocycles. The molecule has 0 atom stereocenters. The third-order valence-corrected chi connectivity index (χ3v) is 4.37. The van der Waals surface area contributed by atoms with Crippen LogP contribution in [-0.2, 0) is 6.54 Å². The van der Waals surface area contributed by atoms with Crippen LogP contribution in [-0.4, -0.2) is 10.5 Å². The average Bonchev–Trinajstić information content (AvgIpc) is 2.37. The van der Waals surface area contributed by atoms with Gasteiger partial charge in [-0.25, -0.2) is 0 Å². The Balaban J connectivity index is 2.13. The van der Waals surface area contributed by atoms with E-state index in [1.54, 1.807) is 24.4 Å². The third kappa shape index (κ3) is 5.19. The lowest BCUT2D eigenvalue weighted by Gasteiger charge is -2.13. The zero-order chi connectivity index (χ0) is 15.5. The Labute approximate surface area is 140 Å². The first-order valence-electron chi connectivity index (χ1n) is 5.74. The number of alkyl halides is 3. The Hall–Kier alpha value is -0.730. The summed E-state index contributed by atoms with van der Waals surface area (Å²) in [6.45, 7) is 0.323. The van der Waals surface area contributed by atoms with E-state index >= 15 is 0 Å². The highest BCUT2D eigenvalue weighted by molar-refractivity contribution is 9.11. The Bertz CT molecular complexity index is 635. The van der Waals surface area contributed by atoms with Crippen LogP contribution in [0.5, 0.6) is 0 Å². The molecule has 8 heteroatoms. The fourth-order valence-electron chi connectivity index (χ4n) is 1.58. The Morgan fingerprint density at radius 1 is 1.19 bits per heavy atom. The van der Waals surface area contributed by atoms with Crippen LogP contribution < -0.4 is 5.32 Å². The molecule has 112 valence electrons. The van der Waals surface area contributed by atoms with E-state index in [4.69, 9.17) is 0 Å². The molecule has 0 aliphatic rings. The molecule has 2 aromatic rings. The van der Waals surface area contributed by atoms with Gasteiger partial charge in [0.05, 0.1) is 12.2 Å². The predicted octanol–water partition coefficient (Wildman–Crippen LogP) is 5.83. The van der Waals surface area contributed by atoms with Gasteiger partial charge < -0.3 is 5.32 Å². The molecule has 21 heavy (non-hydrogen) atoms. The fourth-order valence-corrected chi connectivity index (χ4v) is 3.35. The Kier molecular flexibility index (Phi) is 5.56. The molecular weight excluding hydrogens is 433 g/mol. The van der Waals surface area contributed by atoms with Crippen molar-refractivity contribution < 1.29 is 13.2 Å². The number of halogens is 5. The predicted molar refractivity (Wildman–Crippen MR) is 85.3 cm³/mol. The zero-order valence-corrected chi connectivity index (χ0v) is 14.4. The van der Waals surface area contributed by atoms with Gasteiger partial charge in [-0.05, 0) is 61.8 Å². The number of para-hydroxylation sites is 1. The topological polar surface area (TPSA) is 24.9 Å². The molecule has 0 saturated carbocycles. The van der Waals surface area contributed by atoms with E-state index in [-0.39, 0.29) is 16.7 Å². The molecule has 0 fully saturated rings. The SMILES string of the molecule is FC(F)(F)Sc1ccccc1NCc1ncc(Br)cc1Br. The van der Waals surface area contributed by atoms with Crippen LogP contribution in [0.25, 0.3) is 0 Å². The summed E-state index contributed by atoms with van der Waals surface area (Å²) < 4.78 is 39.1. The molecule has 2 rings (SSSR count). The van der Waals surface area contributed by atoms with Gasteiger partial charge in [-0.3, -0.25) is 4.98 Å². The lowest BCUT2D eigenvalue weighted by Crippen LogP contribution is -2.05. The first kappa shape index (κ1) is 16.6. The molecule has 1 aromatic heterocycles. The Morgan fingerprint density at radius 2 is 1.90 bits per heavy atom. The van der Waals surface area contributed by atoms with Gasteiger partial charge in [-0.15, -0.1) is 0 Å². The number of benzene rings is 1. The second-order valence-corrected chi connectivity index (χ2v) is 6.86. The highest BCUT2D eigenvalue weighted by atomic mass is 79.9. The number of hydrogen-bond donors (Lipinski definition) is 1. The monoisotopic (exact) mass is 440 g/mol. The molecule has 0 bridgehead atoms. The molecule has 0 aliphatic carbocycles. The van der Waals surface area contributed by atoms with E-state index in [1.807, 2.05) is 6.07 Å². The van der Waals surface area contributed by atoms with E-state index in [1.165, 1.54) is 6.07 Å². The highest BCUT2D eigenvalue weighted by Gasteiger charge is 2.30. The number of thioether (sulfide) groups is 1. The van der Waals surface area contributed by atoms with Gasteiger partial charge in [0.1, 0.15) is 0 Å².